The number of ketones is 1. The van der Waals surface area contributed by atoms with Crippen molar-refractivity contribution < 1.29 is 28.7 Å². The van der Waals surface area contributed by atoms with E-state index >= 15 is 0 Å². The average Bonchev–Trinajstić information content (AvgIpc) is 3.15. The van der Waals surface area contributed by atoms with Gasteiger partial charge in [0.15, 0.2) is 12.4 Å². The second kappa shape index (κ2) is 9.55. The van der Waals surface area contributed by atoms with Gasteiger partial charge < -0.3 is 14.4 Å². The number of amides is 1. The minimum Gasteiger partial charge on any atom is -0.462 e. The van der Waals surface area contributed by atoms with Gasteiger partial charge in [-0.1, -0.05) is 12.1 Å². The van der Waals surface area contributed by atoms with E-state index in [0.29, 0.717) is 16.8 Å². The molecule has 1 saturated heterocycles. The van der Waals surface area contributed by atoms with Crippen LogP contribution in [0.15, 0.2) is 42.5 Å². The number of hydrogen-bond acceptors (Lipinski definition) is 6. The van der Waals surface area contributed by atoms with E-state index in [-0.39, 0.29) is 37.9 Å². The molecule has 0 spiro atoms. The van der Waals surface area contributed by atoms with Crippen LogP contribution in [0.4, 0.5) is 5.69 Å². The zero-order valence-electron chi connectivity index (χ0n) is 17.8. The molecule has 0 unspecified atom stereocenters. The SMILES string of the molecule is CCOC(=O)c1ccc(N2C[C@H](C(=O)OCC(=O)c3ccc(C)c(C)c3)CC2=O)cc1. The fourth-order valence-corrected chi connectivity index (χ4v) is 3.36. The molecule has 1 heterocycles. The van der Waals surface area contributed by atoms with E-state index in [9.17, 15) is 19.2 Å². The molecule has 1 aliphatic heterocycles. The summed E-state index contributed by atoms with van der Waals surface area (Å²) in [5.41, 5.74) is 3.52. The fourth-order valence-electron chi connectivity index (χ4n) is 3.36. The molecule has 1 atom stereocenters. The van der Waals surface area contributed by atoms with Crippen molar-refractivity contribution in [2.45, 2.75) is 27.2 Å². The number of Topliss-reactive ketones (excluding diaryl/α,β-unsaturated/α-hetero) is 1. The van der Waals surface area contributed by atoms with Crippen molar-refractivity contribution in [3.8, 4) is 0 Å². The predicted octanol–water partition coefficient (Wildman–Crippen LogP) is 3.26. The summed E-state index contributed by atoms with van der Waals surface area (Å²) in [6.07, 6.45) is 0.0102. The summed E-state index contributed by atoms with van der Waals surface area (Å²) in [6, 6.07) is 11.8. The van der Waals surface area contributed by atoms with Crippen molar-refractivity contribution in [3.05, 3.63) is 64.7 Å². The Morgan fingerprint density at radius 3 is 2.29 bits per heavy atom. The van der Waals surface area contributed by atoms with Gasteiger partial charge in [-0.05, 0) is 62.2 Å². The van der Waals surface area contributed by atoms with Crippen molar-refractivity contribution >= 4 is 29.3 Å². The monoisotopic (exact) mass is 423 g/mol. The minimum atomic E-state index is -0.648. The topological polar surface area (TPSA) is 90.0 Å². The third kappa shape index (κ3) is 5.17. The molecule has 1 aliphatic rings. The van der Waals surface area contributed by atoms with E-state index in [4.69, 9.17) is 9.47 Å². The molecule has 0 bridgehead atoms. The van der Waals surface area contributed by atoms with Crippen molar-refractivity contribution in [2.75, 3.05) is 24.7 Å². The van der Waals surface area contributed by atoms with Gasteiger partial charge >= 0.3 is 11.9 Å². The number of benzene rings is 2. The summed E-state index contributed by atoms with van der Waals surface area (Å²) >= 11 is 0. The highest BCUT2D eigenvalue weighted by Gasteiger charge is 2.36. The van der Waals surface area contributed by atoms with Crippen LogP contribution in [-0.2, 0) is 19.1 Å². The molecule has 31 heavy (non-hydrogen) atoms. The van der Waals surface area contributed by atoms with Crippen LogP contribution < -0.4 is 4.90 Å². The minimum absolute atomic E-state index is 0.0102. The lowest BCUT2D eigenvalue weighted by Gasteiger charge is -2.17. The normalized spacial score (nSPS) is 15.6. The molecule has 7 heteroatoms. The quantitative estimate of drug-likeness (QED) is 0.502. The average molecular weight is 423 g/mol. The van der Waals surface area contributed by atoms with Gasteiger partial charge in [0.25, 0.3) is 0 Å². The molecular formula is C24H25NO6. The molecule has 0 saturated carbocycles. The maximum atomic E-state index is 12.4. The lowest BCUT2D eigenvalue weighted by atomic mass is 10.0. The Morgan fingerprint density at radius 1 is 0.968 bits per heavy atom. The van der Waals surface area contributed by atoms with Crippen LogP contribution in [0.3, 0.4) is 0 Å². The van der Waals surface area contributed by atoms with Crippen LogP contribution in [0, 0.1) is 19.8 Å². The Kier molecular flexibility index (Phi) is 6.84. The fraction of sp³-hybridized carbons (Fsp3) is 0.333. The van der Waals surface area contributed by atoms with Crippen LogP contribution in [0.2, 0.25) is 0 Å². The van der Waals surface area contributed by atoms with E-state index in [1.807, 2.05) is 19.9 Å². The molecule has 1 amide bonds. The summed E-state index contributed by atoms with van der Waals surface area (Å²) < 4.78 is 10.1. The number of hydrogen-bond donors (Lipinski definition) is 0. The Balaban J connectivity index is 1.57. The van der Waals surface area contributed by atoms with Gasteiger partial charge in [-0.25, -0.2) is 4.79 Å². The number of aryl methyl sites for hydroxylation is 2. The number of carbonyl (C=O) groups is 4. The first-order valence-corrected chi connectivity index (χ1v) is 10.1. The molecule has 3 rings (SSSR count). The van der Waals surface area contributed by atoms with E-state index in [1.54, 1.807) is 43.3 Å². The summed E-state index contributed by atoms with van der Waals surface area (Å²) in [4.78, 5) is 50.4. The Hall–Kier alpha value is -3.48. The summed E-state index contributed by atoms with van der Waals surface area (Å²) in [6.45, 7) is 5.67. The first kappa shape index (κ1) is 22.2. The lowest BCUT2D eigenvalue weighted by Crippen LogP contribution is -2.27. The van der Waals surface area contributed by atoms with Gasteiger partial charge in [-0.15, -0.1) is 0 Å². The second-order valence-corrected chi connectivity index (χ2v) is 7.50. The second-order valence-electron chi connectivity index (χ2n) is 7.50. The van der Waals surface area contributed by atoms with Crippen molar-refractivity contribution in [1.29, 1.82) is 0 Å². The van der Waals surface area contributed by atoms with Crippen LogP contribution in [-0.4, -0.2) is 43.4 Å². The van der Waals surface area contributed by atoms with Crippen LogP contribution >= 0.6 is 0 Å². The number of esters is 2. The van der Waals surface area contributed by atoms with E-state index in [1.165, 1.54) is 4.90 Å². The largest absolute Gasteiger partial charge is 0.462 e. The number of ether oxygens (including phenoxy) is 2. The zero-order chi connectivity index (χ0) is 22.5. The number of anilines is 1. The van der Waals surface area contributed by atoms with Crippen molar-refractivity contribution in [1.82, 2.24) is 0 Å². The Bertz CT molecular complexity index is 1010. The number of carbonyl (C=O) groups excluding carboxylic acids is 4. The highest BCUT2D eigenvalue weighted by molar-refractivity contribution is 6.01. The molecule has 0 N–H and O–H groups in total. The maximum absolute atomic E-state index is 12.4. The molecular weight excluding hydrogens is 398 g/mol. The van der Waals surface area contributed by atoms with Gasteiger partial charge in [0, 0.05) is 24.2 Å². The first-order valence-electron chi connectivity index (χ1n) is 10.1. The van der Waals surface area contributed by atoms with E-state index in [2.05, 4.69) is 0 Å². The molecule has 7 nitrogen and oxygen atoms in total. The number of rotatable bonds is 7. The predicted molar refractivity (Wildman–Crippen MR) is 114 cm³/mol. The van der Waals surface area contributed by atoms with Crippen LogP contribution in [0.1, 0.15) is 45.2 Å². The molecule has 162 valence electrons. The number of nitrogens with zero attached hydrogens (tertiary/aromatic N) is 1. The molecule has 2 aromatic rings. The van der Waals surface area contributed by atoms with Crippen molar-refractivity contribution in [3.63, 3.8) is 0 Å². The summed E-state index contributed by atoms with van der Waals surface area (Å²) in [5.74, 6) is -2.16. The smallest absolute Gasteiger partial charge is 0.338 e. The summed E-state index contributed by atoms with van der Waals surface area (Å²) in [7, 11) is 0. The summed E-state index contributed by atoms with van der Waals surface area (Å²) in [5, 5.41) is 0. The van der Waals surface area contributed by atoms with Gasteiger partial charge in [0.2, 0.25) is 5.91 Å². The van der Waals surface area contributed by atoms with Crippen LogP contribution in [0.25, 0.3) is 0 Å². The third-order valence-corrected chi connectivity index (χ3v) is 5.32. The standard InChI is InChI=1S/C24H25NO6/c1-4-30-23(28)17-7-9-20(10-8-17)25-13-19(12-22(25)27)24(29)31-14-21(26)18-6-5-15(2)16(3)11-18/h5-11,19H,4,12-14H2,1-3H3/t19-/m1/s1. The van der Waals surface area contributed by atoms with Crippen LogP contribution in [0.5, 0.6) is 0 Å². The van der Waals surface area contributed by atoms with E-state index in [0.717, 1.165) is 11.1 Å². The van der Waals surface area contributed by atoms with E-state index < -0.39 is 17.9 Å². The lowest BCUT2D eigenvalue weighted by molar-refractivity contribution is -0.147. The molecule has 2 aromatic carbocycles. The molecule has 0 aromatic heterocycles. The Labute approximate surface area is 180 Å². The Morgan fingerprint density at radius 2 is 1.65 bits per heavy atom. The molecule has 0 aliphatic carbocycles. The van der Waals surface area contributed by atoms with Gasteiger partial charge in [0.1, 0.15) is 0 Å². The third-order valence-electron chi connectivity index (χ3n) is 5.32. The van der Waals surface area contributed by atoms with Gasteiger partial charge in [-0.3, -0.25) is 14.4 Å². The molecule has 1 fully saturated rings. The first-order chi connectivity index (χ1) is 14.8. The highest BCUT2D eigenvalue weighted by Crippen LogP contribution is 2.26. The highest BCUT2D eigenvalue weighted by atomic mass is 16.5. The van der Waals surface area contributed by atoms with Crippen molar-refractivity contribution in [2.24, 2.45) is 5.92 Å². The zero-order valence-corrected chi connectivity index (χ0v) is 17.8. The molecule has 0 radical (unpaired) electrons. The van der Waals surface area contributed by atoms with Gasteiger partial charge in [-0.2, -0.15) is 0 Å². The maximum Gasteiger partial charge on any atom is 0.338 e. The van der Waals surface area contributed by atoms with Gasteiger partial charge in [0.05, 0.1) is 18.1 Å².